The molecule has 1 aromatic rings. The average molecular weight is 178 g/mol. The van der Waals surface area contributed by atoms with Gasteiger partial charge in [0.25, 0.3) is 0 Å². The van der Waals surface area contributed by atoms with Crippen LogP contribution in [0, 0.1) is 0 Å². The van der Waals surface area contributed by atoms with Crippen molar-refractivity contribution in [3.63, 3.8) is 0 Å². The molecule has 0 saturated heterocycles. The Labute approximate surface area is 78.1 Å². The Morgan fingerprint density at radius 2 is 2.00 bits per heavy atom. The van der Waals surface area contributed by atoms with E-state index in [-0.39, 0.29) is 5.88 Å². The third-order valence-corrected chi connectivity index (χ3v) is 1.83. The fraction of sp³-hybridized carbons (Fsp3) is 0.200. The summed E-state index contributed by atoms with van der Waals surface area (Å²) in [4.78, 5) is 1.69. The van der Waals surface area contributed by atoms with E-state index in [4.69, 9.17) is 5.73 Å². The van der Waals surface area contributed by atoms with Gasteiger partial charge in [-0.25, -0.2) is 0 Å². The summed E-state index contributed by atoms with van der Waals surface area (Å²) >= 11 is 0. The smallest absolute Gasteiger partial charge is 0.183 e. The van der Waals surface area contributed by atoms with Crippen molar-refractivity contribution >= 4 is 11.4 Å². The molecule has 0 aromatic heterocycles. The predicted molar refractivity (Wildman–Crippen MR) is 55.6 cm³/mol. The summed E-state index contributed by atoms with van der Waals surface area (Å²) in [6, 6.07) is 7.28. The van der Waals surface area contributed by atoms with E-state index in [2.05, 4.69) is 6.58 Å². The molecular formula is C10H14N2O. The van der Waals surface area contributed by atoms with Crippen LogP contribution in [0.15, 0.2) is 36.7 Å². The quantitative estimate of drug-likeness (QED) is 0.550. The van der Waals surface area contributed by atoms with Gasteiger partial charge in [-0.05, 0) is 37.8 Å². The van der Waals surface area contributed by atoms with Gasteiger partial charge in [-0.15, -0.1) is 0 Å². The van der Waals surface area contributed by atoms with Crippen LogP contribution in [0.2, 0.25) is 0 Å². The zero-order chi connectivity index (χ0) is 9.84. The van der Waals surface area contributed by atoms with Crippen molar-refractivity contribution in [3.05, 3.63) is 36.7 Å². The first kappa shape index (κ1) is 9.45. The lowest BCUT2D eigenvalue weighted by Crippen LogP contribution is -2.20. The molecule has 0 fully saturated rings. The van der Waals surface area contributed by atoms with Crippen molar-refractivity contribution in [2.75, 3.05) is 17.2 Å². The highest BCUT2D eigenvalue weighted by molar-refractivity contribution is 5.55. The molecule has 0 saturated carbocycles. The minimum atomic E-state index is 0.0484. The molecule has 1 aromatic carbocycles. The van der Waals surface area contributed by atoms with Gasteiger partial charge >= 0.3 is 0 Å². The topological polar surface area (TPSA) is 49.5 Å². The first-order valence-electron chi connectivity index (χ1n) is 4.16. The maximum atomic E-state index is 9.24. The van der Waals surface area contributed by atoms with E-state index in [9.17, 15) is 5.11 Å². The molecule has 0 atom stereocenters. The summed E-state index contributed by atoms with van der Waals surface area (Å²) in [7, 11) is 0. The lowest BCUT2D eigenvalue weighted by Gasteiger charge is -2.20. The standard InChI is InChI=1S/C10H14N2O/c1-3-12(8(2)13)10-6-4-9(11)5-7-10/h4-7,13H,2-3,11H2,1H3. The molecular weight excluding hydrogens is 164 g/mol. The molecule has 0 aliphatic carbocycles. The number of anilines is 2. The SMILES string of the molecule is C=C(O)N(CC)c1ccc(N)cc1. The van der Waals surface area contributed by atoms with Gasteiger partial charge in [-0.2, -0.15) is 0 Å². The summed E-state index contributed by atoms with van der Waals surface area (Å²) in [6.45, 7) is 6.10. The highest BCUT2D eigenvalue weighted by Crippen LogP contribution is 2.18. The van der Waals surface area contributed by atoms with Crippen LogP contribution in [0.5, 0.6) is 0 Å². The van der Waals surface area contributed by atoms with Crippen LogP contribution in [0.1, 0.15) is 6.92 Å². The number of aliphatic hydroxyl groups is 1. The number of hydrogen-bond donors (Lipinski definition) is 2. The van der Waals surface area contributed by atoms with Gasteiger partial charge in [0.2, 0.25) is 0 Å². The lowest BCUT2D eigenvalue weighted by atomic mass is 10.2. The minimum Gasteiger partial charge on any atom is -0.495 e. The van der Waals surface area contributed by atoms with Crippen LogP contribution in [-0.4, -0.2) is 11.7 Å². The molecule has 3 N–H and O–H groups in total. The van der Waals surface area contributed by atoms with Crippen molar-refractivity contribution < 1.29 is 5.11 Å². The van der Waals surface area contributed by atoms with E-state index in [1.807, 2.05) is 19.1 Å². The van der Waals surface area contributed by atoms with Gasteiger partial charge in [0.1, 0.15) is 0 Å². The molecule has 1 rings (SSSR count). The second-order valence-corrected chi connectivity index (χ2v) is 2.75. The Bertz CT molecular complexity index is 292. The second kappa shape index (κ2) is 3.85. The van der Waals surface area contributed by atoms with Gasteiger partial charge in [-0.3, -0.25) is 0 Å². The zero-order valence-corrected chi connectivity index (χ0v) is 7.70. The zero-order valence-electron chi connectivity index (χ0n) is 7.70. The second-order valence-electron chi connectivity index (χ2n) is 2.75. The highest BCUT2D eigenvalue weighted by Gasteiger charge is 2.05. The van der Waals surface area contributed by atoms with Gasteiger partial charge in [-0.1, -0.05) is 0 Å². The van der Waals surface area contributed by atoms with Crippen LogP contribution in [-0.2, 0) is 0 Å². The minimum absolute atomic E-state index is 0.0484. The fourth-order valence-corrected chi connectivity index (χ4v) is 1.17. The number of nitrogen functional groups attached to an aromatic ring is 1. The molecule has 0 spiro atoms. The Balaban J connectivity index is 2.92. The Kier molecular flexibility index (Phi) is 2.80. The molecule has 13 heavy (non-hydrogen) atoms. The van der Waals surface area contributed by atoms with E-state index in [1.165, 1.54) is 0 Å². The van der Waals surface area contributed by atoms with Gasteiger partial charge in [0.05, 0.1) is 0 Å². The molecule has 3 nitrogen and oxygen atoms in total. The van der Waals surface area contributed by atoms with Gasteiger partial charge < -0.3 is 15.7 Å². The average Bonchev–Trinajstić information content (AvgIpc) is 2.09. The molecule has 0 amide bonds. The van der Waals surface area contributed by atoms with Crippen LogP contribution in [0.25, 0.3) is 0 Å². The van der Waals surface area contributed by atoms with Gasteiger partial charge in [0.15, 0.2) is 5.88 Å². The van der Waals surface area contributed by atoms with Crippen molar-refractivity contribution in [1.29, 1.82) is 0 Å². The van der Waals surface area contributed by atoms with Crippen LogP contribution in [0.4, 0.5) is 11.4 Å². The maximum Gasteiger partial charge on any atom is 0.183 e. The van der Waals surface area contributed by atoms with E-state index in [0.717, 1.165) is 5.69 Å². The largest absolute Gasteiger partial charge is 0.495 e. The first-order chi connectivity index (χ1) is 6.15. The normalized spacial score (nSPS) is 9.62. The number of rotatable bonds is 3. The Morgan fingerprint density at radius 3 is 2.38 bits per heavy atom. The first-order valence-corrected chi connectivity index (χ1v) is 4.16. The van der Waals surface area contributed by atoms with Crippen LogP contribution in [0.3, 0.4) is 0 Å². The van der Waals surface area contributed by atoms with Gasteiger partial charge in [0, 0.05) is 17.9 Å². The molecule has 0 bridgehead atoms. The number of aliphatic hydroxyl groups excluding tert-OH is 1. The Morgan fingerprint density at radius 1 is 1.46 bits per heavy atom. The van der Waals surface area contributed by atoms with Crippen molar-refractivity contribution in [2.45, 2.75) is 6.92 Å². The highest BCUT2D eigenvalue weighted by atomic mass is 16.3. The van der Waals surface area contributed by atoms with Crippen molar-refractivity contribution in [2.24, 2.45) is 0 Å². The third-order valence-electron chi connectivity index (χ3n) is 1.83. The van der Waals surface area contributed by atoms with Crippen LogP contribution < -0.4 is 10.6 Å². The van der Waals surface area contributed by atoms with E-state index >= 15 is 0 Å². The lowest BCUT2D eigenvalue weighted by molar-refractivity contribution is 0.394. The monoisotopic (exact) mass is 178 g/mol. The van der Waals surface area contributed by atoms with Crippen molar-refractivity contribution in [3.8, 4) is 0 Å². The number of hydrogen-bond acceptors (Lipinski definition) is 3. The fourth-order valence-electron chi connectivity index (χ4n) is 1.17. The molecule has 0 radical (unpaired) electrons. The number of nitrogens with two attached hydrogens (primary N) is 1. The molecule has 0 aliphatic heterocycles. The Hall–Kier alpha value is -1.64. The summed E-state index contributed by atoms with van der Waals surface area (Å²) < 4.78 is 0. The number of benzene rings is 1. The molecule has 0 heterocycles. The predicted octanol–water partition coefficient (Wildman–Crippen LogP) is 2.12. The van der Waals surface area contributed by atoms with E-state index < -0.39 is 0 Å². The molecule has 70 valence electrons. The molecule has 3 heteroatoms. The third kappa shape index (κ3) is 2.15. The molecule has 0 unspecified atom stereocenters. The maximum absolute atomic E-state index is 9.24. The number of nitrogens with zero attached hydrogens (tertiary/aromatic N) is 1. The van der Waals surface area contributed by atoms with Crippen LogP contribution >= 0.6 is 0 Å². The summed E-state index contributed by atoms with van der Waals surface area (Å²) in [5.74, 6) is 0.0484. The summed E-state index contributed by atoms with van der Waals surface area (Å²) in [6.07, 6.45) is 0. The summed E-state index contributed by atoms with van der Waals surface area (Å²) in [5, 5.41) is 9.24. The molecule has 0 aliphatic rings. The summed E-state index contributed by atoms with van der Waals surface area (Å²) in [5.41, 5.74) is 7.15. The van der Waals surface area contributed by atoms with E-state index in [1.54, 1.807) is 17.0 Å². The van der Waals surface area contributed by atoms with Crippen molar-refractivity contribution in [1.82, 2.24) is 0 Å². The van der Waals surface area contributed by atoms with E-state index in [0.29, 0.717) is 12.2 Å².